The van der Waals surface area contributed by atoms with E-state index in [0.717, 1.165) is 27.0 Å². The number of hydrogen-bond acceptors (Lipinski definition) is 3. The maximum atomic E-state index is 10.5. The smallest absolute Gasteiger partial charge is 0.115 e. The molecule has 2 aromatic rings. The molecule has 0 spiro atoms. The van der Waals surface area contributed by atoms with E-state index in [0.29, 0.717) is 0 Å². The Bertz CT molecular complexity index is 524. The van der Waals surface area contributed by atoms with Gasteiger partial charge in [-0.2, -0.15) is 0 Å². The Morgan fingerprint density at radius 2 is 2.00 bits per heavy atom. The Balaban J connectivity index is 2.36. The second-order valence-corrected chi connectivity index (χ2v) is 6.27. The number of thiophene rings is 1. The van der Waals surface area contributed by atoms with Crippen molar-refractivity contribution in [3.05, 3.63) is 56.2 Å². The Morgan fingerprint density at radius 3 is 2.61 bits per heavy atom. The number of rotatable bonds is 4. The van der Waals surface area contributed by atoms with Crippen LogP contribution >= 0.6 is 27.3 Å². The highest BCUT2D eigenvalue weighted by Gasteiger charge is 2.18. The molecule has 2 nitrogen and oxygen atoms in total. The van der Waals surface area contributed by atoms with Crippen LogP contribution in [0.2, 0.25) is 0 Å². The first-order valence-electron chi connectivity index (χ1n) is 5.73. The molecular formula is C14H16BrNOS. The minimum absolute atomic E-state index is 0.560. The van der Waals surface area contributed by atoms with Gasteiger partial charge in [0.2, 0.25) is 0 Å². The summed E-state index contributed by atoms with van der Waals surface area (Å²) in [5.74, 6) is 0. The Kier molecular flexibility index (Phi) is 4.56. The molecule has 18 heavy (non-hydrogen) atoms. The van der Waals surface area contributed by atoms with Gasteiger partial charge >= 0.3 is 0 Å². The van der Waals surface area contributed by atoms with Crippen LogP contribution in [-0.2, 0) is 6.54 Å². The summed E-state index contributed by atoms with van der Waals surface area (Å²) in [4.78, 5) is 3.07. The van der Waals surface area contributed by atoms with E-state index in [9.17, 15) is 5.11 Å². The normalized spacial score (nSPS) is 12.9. The van der Waals surface area contributed by atoms with E-state index in [1.54, 1.807) is 11.3 Å². The maximum absolute atomic E-state index is 10.5. The first kappa shape index (κ1) is 13.7. The fourth-order valence-corrected chi connectivity index (χ4v) is 3.52. The van der Waals surface area contributed by atoms with Crippen LogP contribution in [0.4, 0.5) is 0 Å². The molecule has 96 valence electrons. The molecule has 0 bridgehead atoms. The minimum Gasteiger partial charge on any atom is -0.383 e. The standard InChI is InChI=1S/C14H16BrNOS/c1-16(2)9-10-5-3-4-6-11(10)13(17)14-12(15)7-8-18-14/h3-8,13,17H,9H2,1-2H3. The van der Waals surface area contributed by atoms with Gasteiger partial charge in [-0.15, -0.1) is 11.3 Å². The predicted molar refractivity (Wildman–Crippen MR) is 79.9 cm³/mol. The van der Waals surface area contributed by atoms with Gasteiger partial charge in [-0.1, -0.05) is 24.3 Å². The summed E-state index contributed by atoms with van der Waals surface area (Å²) in [5, 5.41) is 12.5. The van der Waals surface area contributed by atoms with E-state index in [4.69, 9.17) is 0 Å². The molecule has 1 heterocycles. The van der Waals surface area contributed by atoms with Crippen molar-refractivity contribution < 1.29 is 5.11 Å². The van der Waals surface area contributed by atoms with Crippen molar-refractivity contribution in [3.8, 4) is 0 Å². The molecule has 0 amide bonds. The summed E-state index contributed by atoms with van der Waals surface area (Å²) in [7, 11) is 4.06. The van der Waals surface area contributed by atoms with E-state index in [1.807, 2.05) is 43.7 Å². The summed E-state index contributed by atoms with van der Waals surface area (Å²) >= 11 is 5.05. The largest absolute Gasteiger partial charge is 0.383 e. The van der Waals surface area contributed by atoms with Gasteiger partial charge in [0.15, 0.2) is 0 Å². The molecule has 0 saturated heterocycles. The average molecular weight is 326 g/mol. The van der Waals surface area contributed by atoms with Crippen molar-refractivity contribution in [2.45, 2.75) is 12.6 Å². The summed E-state index contributed by atoms with van der Waals surface area (Å²) in [6.07, 6.45) is -0.560. The lowest BCUT2D eigenvalue weighted by atomic mass is 10.0. The summed E-state index contributed by atoms with van der Waals surface area (Å²) in [6, 6.07) is 10.0. The first-order chi connectivity index (χ1) is 8.59. The van der Waals surface area contributed by atoms with Crippen molar-refractivity contribution in [1.82, 2.24) is 4.90 Å². The number of aliphatic hydroxyl groups excluding tert-OH is 1. The molecular weight excluding hydrogens is 310 g/mol. The lowest BCUT2D eigenvalue weighted by Crippen LogP contribution is -2.13. The number of nitrogens with zero attached hydrogens (tertiary/aromatic N) is 1. The second kappa shape index (κ2) is 5.97. The van der Waals surface area contributed by atoms with Gasteiger partial charge < -0.3 is 10.0 Å². The van der Waals surface area contributed by atoms with Crippen LogP contribution < -0.4 is 0 Å². The molecule has 0 aliphatic carbocycles. The van der Waals surface area contributed by atoms with Crippen molar-refractivity contribution >= 4 is 27.3 Å². The fourth-order valence-electron chi connectivity index (χ4n) is 1.93. The molecule has 4 heteroatoms. The molecule has 1 unspecified atom stereocenters. The topological polar surface area (TPSA) is 23.5 Å². The molecule has 0 saturated carbocycles. The summed E-state index contributed by atoms with van der Waals surface area (Å²) < 4.78 is 0.972. The van der Waals surface area contributed by atoms with Gasteiger partial charge in [0.25, 0.3) is 0 Å². The van der Waals surface area contributed by atoms with Gasteiger partial charge in [0.05, 0.1) is 4.88 Å². The van der Waals surface area contributed by atoms with E-state index >= 15 is 0 Å². The zero-order valence-corrected chi connectivity index (χ0v) is 12.8. The average Bonchev–Trinajstić information content (AvgIpc) is 2.74. The van der Waals surface area contributed by atoms with Crippen LogP contribution in [0.15, 0.2) is 40.2 Å². The molecule has 0 radical (unpaired) electrons. The van der Waals surface area contributed by atoms with Gasteiger partial charge in [0.1, 0.15) is 6.10 Å². The minimum atomic E-state index is -0.560. The van der Waals surface area contributed by atoms with Gasteiger partial charge in [-0.3, -0.25) is 0 Å². The van der Waals surface area contributed by atoms with Crippen molar-refractivity contribution in [3.63, 3.8) is 0 Å². The molecule has 2 rings (SSSR count). The second-order valence-electron chi connectivity index (χ2n) is 4.47. The number of aliphatic hydroxyl groups is 1. The van der Waals surface area contributed by atoms with Crippen molar-refractivity contribution in [1.29, 1.82) is 0 Å². The zero-order valence-electron chi connectivity index (χ0n) is 10.4. The number of hydrogen-bond donors (Lipinski definition) is 1. The molecule has 1 atom stereocenters. The fraction of sp³-hybridized carbons (Fsp3) is 0.286. The Hall–Kier alpha value is -0.680. The lowest BCUT2D eigenvalue weighted by Gasteiger charge is -2.17. The molecule has 0 aliphatic heterocycles. The maximum Gasteiger partial charge on any atom is 0.115 e. The zero-order chi connectivity index (χ0) is 13.1. The monoisotopic (exact) mass is 325 g/mol. The van der Waals surface area contributed by atoms with Crippen LogP contribution in [0.1, 0.15) is 22.1 Å². The van der Waals surface area contributed by atoms with Crippen molar-refractivity contribution in [2.24, 2.45) is 0 Å². The third kappa shape index (κ3) is 3.01. The van der Waals surface area contributed by atoms with E-state index in [-0.39, 0.29) is 0 Å². The van der Waals surface area contributed by atoms with E-state index < -0.39 is 6.10 Å². The van der Waals surface area contributed by atoms with Gasteiger partial charge in [-0.05, 0) is 52.6 Å². The molecule has 1 N–H and O–H groups in total. The predicted octanol–water partition coefficient (Wildman–Crippen LogP) is 3.65. The van der Waals surface area contributed by atoms with Crippen LogP contribution in [-0.4, -0.2) is 24.1 Å². The summed E-state index contributed by atoms with van der Waals surface area (Å²) in [6.45, 7) is 0.830. The first-order valence-corrected chi connectivity index (χ1v) is 7.40. The molecule has 1 aromatic carbocycles. The van der Waals surface area contributed by atoms with Crippen LogP contribution in [0.3, 0.4) is 0 Å². The van der Waals surface area contributed by atoms with Crippen LogP contribution in [0, 0.1) is 0 Å². The van der Waals surface area contributed by atoms with Crippen molar-refractivity contribution in [2.75, 3.05) is 14.1 Å². The van der Waals surface area contributed by atoms with Gasteiger partial charge in [-0.25, -0.2) is 0 Å². The Labute approximate surface area is 120 Å². The highest BCUT2D eigenvalue weighted by atomic mass is 79.9. The summed E-state index contributed by atoms with van der Waals surface area (Å²) in [5.41, 5.74) is 2.14. The van der Waals surface area contributed by atoms with E-state index in [2.05, 4.69) is 26.9 Å². The number of benzene rings is 1. The molecule has 0 fully saturated rings. The molecule has 0 aliphatic rings. The highest BCUT2D eigenvalue weighted by Crippen LogP contribution is 2.34. The number of halogens is 1. The van der Waals surface area contributed by atoms with E-state index in [1.165, 1.54) is 0 Å². The van der Waals surface area contributed by atoms with Crippen LogP contribution in [0.5, 0.6) is 0 Å². The quantitative estimate of drug-likeness (QED) is 0.927. The van der Waals surface area contributed by atoms with Gasteiger partial charge in [0, 0.05) is 11.0 Å². The lowest BCUT2D eigenvalue weighted by molar-refractivity contribution is 0.221. The highest BCUT2D eigenvalue weighted by molar-refractivity contribution is 9.10. The molecule has 1 aromatic heterocycles. The SMILES string of the molecule is CN(C)Cc1ccccc1C(O)c1sccc1Br. The third-order valence-corrected chi connectivity index (χ3v) is 4.65. The third-order valence-electron chi connectivity index (χ3n) is 2.73. The Morgan fingerprint density at radius 1 is 1.28 bits per heavy atom. The van der Waals surface area contributed by atoms with Crippen LogP contribution in [0.25, 0.3) is 0 Å².